The summed E-state index contributed by atoms with van der Waals surface area (Å²) in [6.45, 7) is 5.44. The summed E-state index contributed by atoms with van der Waals surface area (Å²) >= 11 is 0. The molecule has 0 aromatic heterocycles. The normalized spacial score (nSPS) is 28.8. The molecule has 2 aliphatic heterocycles. The van der Waals surface area contributed by atoms with Crippen molar-refractivity contribution in [2.24, 2.45) is 11.7 Å². The average molecular weight is 351 g/mol. The van der Waals surface area contributed by atoms with Gasteiger partial charge in [0.05, 0.1) is 6.54 Å². The van der Waals surface area contributed by atoms with Gasteiger partial charge in [-0.05, 0) is 31.6 Å². The van der Waals surface area contributed by atoms with Crippen molar-refractivity contribution in [1.29, 1.82) is 0 Å². The molecule has 2 heterocycles. The van der Waals surface area contributed by atoms with Crippen LogP contribution >= 0.6 is 0 Å². The average Bonchev–Trinajstić information content (AvgIpc) is 2.86. The molecule has 0 aromatic carbocycles. The smallest absolute Gasteiger partial charge is 0.236 e. The largest absolute Gasteiger partial charge is 0.342 e. The highest BCUT2D eigenvalue weighted by atomic mass is 16.2. The number of hydrogen-bond donors (Lipinski definition) is 1. The molecule has 1 saturated carbocycles. The van der Waals surface area contributed by atoms with Gasteiger partial charge in [-0.3, -0.25) is 14.5 Å². The van der Waals surface area contributed by atoms with Gasteiger partial charge in [0.25, 0.3) is 0 Å². The maximum Gasteiger partial charge on any atom is 0.236 e. The number of nitrogens with zero attached hydrogens (tertiary/aromatic N) is 3. The molecule has 2 saturated heterocycles. The number of amides is 2. The molecule has 0 unspecified atom stereocenters. The third-order valence-electron chi connectivity index (χ3n) is 6.20. The number of likely N-dealkylation sites (tertiary alicyclic amines) is 1. The van der Waals surface area contributed by atoms with Gasteiger partial charge < -0.3 is 15.5 Å². The van der Waals surface area contributed by atoms with Crippen LogP contribution in [0.4, 0.5) is 0 Å². The van der Waals surface area contributed by atoms with E-state index in [-0.39, 0.29) is 17.9 Å². The summed E-state index contributed by atoms with van der Waals surface area (Å²) in [5.74, 6) is 0.884. The summed E-state index contributed by atoms with van der Waals surface area (Å²) in [6, 6.07) is 0.205. The Hall–Kier alpha value is -1.14. The lowest BCUT2D eigenvalue weighted by atomic mass is 9.99. The van der Waals surface area contributed by atoms with Crippen LogP contribution in [0.1, 0.15) is 51.4 Å². The van der Waals surface area contributed by atoms with Crippen molar-refractivity contribution < 1.29 is 9.59 Å². The molecule has 3 aliphatic rings. The number of piperazine rings is 1. The number of carbonyl (C=O) groups is 2. The standard InChI is InChI=1S/C19H34N4O2/c20-17-7-5-6-16(17)14-18(24)23-12-10-21(11-13-23)15-19(25)22-8-3-1-2-4-9-22/h16-17H,1-15,20H2/t16-,17+/m0/s1. The van der Waals surface area contributed by atoms with E-state index in [2.05, 4.69) is 4.90 Å². The minimum absolute atomic E-state index is 0.205. The predicted octanol–water partition coefficient (Wildman–Crippen LogP) is 1.05. The van der Waals surface area contributed by atoms with Crippen LogP contribution < -0.4 is 5.73 Å². The monoisotopic (exact) mass is 350 g/mol. The molecule has 0 radical (unpaired) electrons. The first-order valence-corrected chi connectivity index (χ1v) is 10.2. The van der Waals surface area contributed by atoms with Crippen molar-refractivity contribution in [3.63, 3.8) is 0 Å². The molecule has 0 aromatic rings. The fourth-order valence-corrected chi connectivity index (χ4v) is 4.44. The van der Waals surface area contributed by atoms with Crippen LogP contribution in [0, 0.1) is 5.92 Å². The van der Waals surface area contributed by atoms with Crippen LogP contribution in [0.15, 0.2) is 0 Å². The van der Waals surface area contributed by atoms with Crippen LogP contribution in [0.25, 0.3) is 0 Å². The Bertz CT molecular complexity index is 454. The topological polar surface area (TPSA) is 69.9 Å². The van der Waals surface area contributed by atoms with E-state index in [1.807, 2.05) is 9.80 Å². The highest BCUT2D eigenvalue weighted by molar-refractivity contribution is 5.78. The van der Waals surface area contributed by atoms with E-state index in [9.17, 15) is 9.59 Å². The van der Waals surface area contributed by atoms with Crippen LogP contribution in [0.2, 0.25) is 0 Å². The van der Waals surface area contributed by atoms with Gasteiger partial charge in [-0.15, -0.1) is 0 Å². The SMILES string of the molecule is N[C@@H]1CCC[C@H]1CC(=O)N1CCN(CC(=O)N2CCCCCC2)CC1. The highest BCUT2D eigenvalue weighted by Crippen LogP contribution is 2.27. The van der Waals surface area contributed by atoms with Gasteiger partial charge in [0, 0.05) is 51.7 Å². The Morgan fingerprint density at radius 3 is 2.00 bits per heavy atom. The Kier molecular flexibility index (Phi) is 6.70. The van der Waals surface area contributed by atoms with Gasteiger partial charge in [-0.2, -0.15) is 0 Å². The lowest BCUT2D eigenvalue weighted by Crippen LogP contribution is -2.52. The first-order valence-electron chi connectivity index (χ1n) is 10.2. The minimum atomic E-state index is 0.205. The summed E-state index contributed by atoms with van der Waals surface area (Å²) in [6.07, 6.45) is 8.68. The third-order valence-corrected chi connectivity index (χ3v) is 6.20. The van der Waals surface area contributed by atoms with E-state index in [0.29, 0.717) is 18.9 Å². The summed E-state index contributed by atoms with van der Waals surface area (Å²) in [7, 11) is 0. The van der Waals surface area contributed by atoms with Crippen LogP contribution in [-0.4, -0.2) is 78.4 Å². The van der Waals surface area contributed by atoms with E-state index in [1.165, 1.54) is 12.8 Å². The molecule has 0 spiro atoms. The Labute approximate surface area is 151 Å². The first-order chi connectivity index (χ1) is 12.1. The number of rotatable bonds is 4. The molecule has 2 N–H and O–H groups in total. The minimum Gasteiger partial charge on any atom is -0.342 e. The van der Waals surface area contributed by atoms with Crippen molar-refractivity contribution in [3.8, 4) is 0 Å². The van der Waals surface area contributed by atoms with E-state index in [4.69, 9.17) is 5.73 Å². The maximum absolute atomic E-state index is 12.5. The van der Waals surface area contributed by atoms with E-state index >= 15 is 0 Å². The molecule has 142 valence electrons. The highest BCUT2D eigenvalue weighted by Gasteiger charge is 2.30. The van der Waals surface area contributed by atoms with Crippen molar-refractivity contribution >= 4 is 11.8 Å². The van der Waals surface area contributed by atoms with E-state index in [1.54, 1.807) is 0 Å². The molecule has 3 fully saturated rings. The fraction of sp³-hybridized carbons (Fsp3) is 0.895. The first kappa shape index (κ1) is 18.6. The van der Waals surface area contributed by atoms with Crippen LogP contribution in [0.3, 0.4) is 0 Å². The van der Waals surface area contributed by atoms with Gasteiger partial charge in [-0.1, -0.05) is 19.3 Å². The summed E-state index contributed by atoms with van der Waals surface area (Å²) < 4.78 is 0. The van der Waals surface area contributed by atoms with Gasteiger partial charge in [-0.25, -0.2) is 0 Å². The molecule has 6 heteroatoms. The van der Waals surface area contributed by atoms with Crippen molar-refractivity contribution in [2.75, 3.05) is 45.8 Å². The summed E-state index contributed by atoms with van der Waals surface area (Å²) in [4.78, 5) is 31.2. The van der Waals surface area contributed by atoms with Gasteiger partial charge in [0.15, 0.2) is 0 Å². The van der Waals surface area contributed by atoms with Crippen molar-refractivity contribution in [3.05, 3.63) is 0 Å². The van der Waals surface area contributed by atoms with Gasteiger partial charge in [0.2, 0.25) is 11.8 Å². The summed E-state index contributed by atoms with van der Waals surface area (Å²) in [5.41, 5.74) is 6.09. The molecule has 2 amide bonds. The second-order valence-corrected chi connectivity index (χ2v) is 8.01. The molecule has 1 aliphatic carbocycles. The summed E-state index contributed by atoms with van der Waals surface area (Å²) in [5, 5.41) is 0. The van der Waals surface area contributed by atoms with E-state index < -0.39 is 0 Å². The maximum atomic E-state index is 12.5. The number of nitrogens with two attached hydrogens (primary N) is 1. The van der Waals surface area contributed by atoms with Crippen LogP contribution in [-0.2, 0) is 9.59 Å². The lowest BCUT2D eigenvalue weighted by Gasteiger charge is -2.36. The fourth-order valence-electron chi connectivity index (χ4n) is 4.44. The Morgan fingerprint density at radius 1 is 0.760 bits per heavy atom. The second-order valence-electron chi connectivity index (χ2n) is 8.01. The van der Waals surface area contributed by atoms with Gasteiger partial charge >= 0.3 is 0 Å². The molecule has 25 heavy (non-hydrogen) atoms. The zero-order valence-electron chi connectivity index (χ0n) is 15.5. The second kappa shape index (κ2) is 8.99. The third kappa shape index (κ3) is 5.17. The number of hydrogen-bond acceptors (Lipinski definition) is 4. The lowest BCUT2D eigenvalue weighted by molar-refractivity contribution is -0.135. The molecular weight excluding hydrogens is 316 g/mol. The van der Waals surface area contributed by atoms with Crippen molar-refractivity contribution in [2.45, 2.75) is 57.4 Å². The van der Waals surface area contributed by atoms with E-state index in [0.717, 1.165) is 71.4 Å². The van der Waals surface area contributed by atoms with Crippen LogP contribution in [0.5, 0.6) is 0 Å². The predicted molar refractivity (Wildman–Crippen MR) is 98.0 cm³/mol. The molecular formula is C19H34N4O2. The zero-order valence-corrected chi connectivity index (χ0v) is 15.5. The Morgan fingerprint density at radius 2 is 1.40 bits per heavy atom. The molecule has 6 nitrogen and oxygen atoms in total. The van der Waals surface area contributed by atoms with Crippen molar-refractivity contribution in [1.82, 2.24) is 14.7 Å². The molecule has 0 bridgehead atoms. The zero-order chi connectivity index (χ0) is 17.6. The molecule has 2 atom stereocenters. The number of carbonyl (C=O) groups excluding carboxylic acids is 2. The van der Waals surface area contributed by atoms with Gasteiger partial charge in [0.1, 0.15) is 0 Å². The Balaban J connectivity index is 1.39. The quantitative estimate of drug-likeness (QED) is 0.823. The molecule has 3 rings (SSSR count).